The molecule has 0 unspecified atom stereocenters. The lowest BCUT2D eigenvalue weighted by atomic mass is 10.3. The SMILES string of the molecule is Cc1nc(CCNC(=O)COCC(=O)O)cs1. The van der Waals surface area contributed by atoms with Gasteiger partial charge in [0.2, 0.25) is 5.91 Å². The molecule has 0 aliphatic heterocycles. The van der Waals surface area contributed by atoms with E-state index >= 15 is 0 Å². The Morgan fingerprint density at radius 1 is 1.53 bits per heavy atom. The van der Waals surface area contributed by atoms with E-state index in [4.69, 9.17) is 5.11 Å². The molecule has 0 saturated heterocycles. The molecule has 0 saturated carbocycles. The van der Waals surface area contributed by atoms with Crippen LogP contribution >= 0.6 is 11.3 Å². The van der Waals surface area contributed by atoms with E-state index in [0.29, 0.717) is 13.0 Å². The summed E-state index contributed by atoms with van der Waals surface area (Å²) < 4.78 is 4.64. The fourth-order valence-electron chi connectivity index (χ4n) is 1.14. The number of carbonyl (C=O) groups is 2. The molecule has 7 heteroatoms. The van der Waals surface area contributed by atoms with E-state index in [0.717, 1.165) is 10.7 Å². The minimum Gasteiger partial charge on any atom is -0.480 e. The summed E-state index contributed by atoms with van der Waals surface area (Å²) in [4.78, 5) is 25.5. The van der Waals surface area contributed by atoms with Crippen molar-refractivity contribution in [3.05, 3.63) is 16.1 Å². The van der Waals surface area contributed by atoms with Crippen LogP contribution in [-0.4, -0.2) is 41.7 Å². The van der Waals surface area contributed by atoms with Gasteiger partial charge in [0.1, 0.15) is 13.2 Å². The Labute approximate surface area is 103 Å². The number of ether oxygens (including phenoxy) is 1. The Morgan fingerprint density at radius 3 is 2.88 bits per heavy atom. The summed E-state index contributed by atoms with van der Waals surface area (Å²) in [5, 5.41) is 13.9. The number of aryl methyl sites for hydroxylation is 1. The third kappa shape index (κ3) is 5.98. The molecule has 1 aromatic heterocycles. The Kier molecular flexibility index (Phi) is 5.58. The van der Waals surface area contributed by atoms with Crippen molar-refractivity contribution in [2.24, 2.45) is 0 Å². The van der Waals surface area contributed by atoms with Gasteiger partial charge < -0.3 is 15.2 Å². The number of rotatable bonds is 7. The standard InChI is InChI=1S/C10H14N2O4S/c1-7-12-8(6-17-7)2-3-11-9(13)4-16-5-10(14)15/h6H,2-5H2,1H3,(H,11,13)(H,14,15). The highest BCUT2D eigenvalue weighted by atomic mass is 32.1. The molecule has 1 aromatic rings. The number of thiazole rings is 1. The first-order valence-corrected chi connectivity index (χ1v) is 5.93. The van der Waals surface area contributed by atoms with Crippen molar-refractivity contribution >= 4 is 23.2 Å². The van der Waals surface area contributed by atoms with Crippen molar-refractivity contribution in [3.8, 4) is 0 Å². The molecule has 0 fully saturated rings. The smallest absolute Gasteiger partial charge is 0.329 e. The minimum atomic E-state index is -1.09. The summed E-state index contributed by atoms with van der Waals surface area (Å²) >= 11 is 1.57. The van der Waals surface area contributed by atoms with E-state index in [1.165, 1.54) is 0 Å². The molecule has 1 heterocycles. The van der Waals surface area contributed by atoms with Gasteiger partial charge in [0.15, 0.2) is 0 Å². The highest BCUT2D eigenvalue weighted by molar-refractivity contribution is 7.09. The molecular formula is C10H14N2O4S. The summed E-state index contributed by atoms with van der Waals surface area (Å²) in [5.74, 6) is -1.41. The maximum absolute atomic E-state index is 11.2. The van der Waals surface area contributed by atoms with Crippen LogP contribution in [0.5, 0.6) is 0 Å². The Hall–Kier alpha value is -1.47. The largest absolute Gasteiger partial charge is 0.480 e. The average molecular weight is 258 g/mol. The zero-order valence-electron chi connectivity index (χ0n) is 9.43. The molecule has 1 amide bonds. The van der Waals surface area contributed by atoms with Crippen molar-refractivity contribution in [1.82, 2.24) is 10.3 Å². The van der Waals surface area contributed by atoms with Gasteiger partial charge >= 0.3 is 5.97 Å². The van der Waals surface area contributed by atoms with Crippen LogP contribution in [0.4, 0.5) is 0 Å². The number of amides is 1. The molecule has 2 N–H and O–H groups in total. The maximum atomic E-state index is 11.2. The number of carboxylic acid groups (broad SMARTS) is 1. The molecule has 0 spiro atoms. The van der Waals surface area contributed by atoms with Crippen molar-refractivity contribution < 1.29 is 19.4 Å². The summed E-state index contributed by atoms with van der Waals surface area (Å²) in [6.07, 6.45) is 0.662. The van der Waals surface area contributed by atoms with Crippen LogP contribution in [0.15, 0.2) is 5.38 Å². The topological polar surface area (TPSA) is 88.5 Å². The lowest BCUT2D eigenvalue weighted by Gasteiger charge is -2.03. The van der Waals surface area contributed by atoms with Gasteiger partial charge in [0, 0.05) is 18.3 Å². The maximum Gasteiger partial charge on any atom is 0.329 e. The quantitative estimate of drug-likeness (QED) is 0.730. The van der Waals surface area contributed by atoms with E-state index in [1.807, 2.05) is 12.3 Å². The zero-order valence-corrected chi connectivity index (χ0v) is 10.2. The van der Waals surface area contributed by atoms with Gasteiger partial charge in [0.25, 0.3) is 0 Å². The summed E-state index contributed by atoms with van der Waals surface area (Å²) in [7, 11) is 0. The second-order valence-corrected chi connectivity index (χ2v) is 4.41. The van der Waals surface area contributed by atoms with Crippen LogP contribution in [0.2, 0.25) is 0 Å². The minimum absolute atomic E-state index is 0.234. The Morgan fingerprint density at radius 2 is 2.29 bits per heavy atom. The summed E-state index contributed by atoms with van der Waals surface area (Å²) in [6, 6.07) is 0. The number of hydrogen-bond donors (Lipinski definition) is 2. The highest BCUT2D eigenvalue weighted by Crippen LogP contribution is 2.07. The van der Waals surface area contributed by atoms with Crippen molar-refractivity contribution in [2.45, 2.75) is 13.3 Å². The Bertz CT molecular complexity index is 391. The third-order valence-corrected chi connectivity index (χ3v) is 2.65. The number of aromatic nitrogens is 1. The molecule has 6 nitrogen and oxygen atoms in total. The van der Waals surface area contributed by atoms with Crippen LogP contribution in [0.1, 0.15) is 10.7 Å². The van der Waals surface area contributed by atoms with Crippen LogP contribution in [0, 0.1) is 6.92 Å². The first-order chi connectivity index (χ1) is 8.08. The number of aliphatic carboxylic acids is 1. The molecule has 0 aromatic carbocycles. The zero-order chi connectivity index (χ0) is 12.7. The number of nitrogens with one attached hydrogen (secondary N) is 1. The predicted octanol–water partition coefficient (Wildman–Crippen LogP) is 0.211. The van der Waals surface area contributed by atoms with Gasteiger partial charge in [-0.3, -0.25) is 4.79 Å². The summed E-state index contributed by atoms with van der Waals surface area (Å²) in [5.41, 5.74) is 0.944. The fourth-order valence-corrected chi connectivity index (χ4v) is 1.78. The molecule has 0 aliphatic carbocycles. The first-order valence-electron chi connectivity index (χ1n) is 5.05. The van der Waals surface area contributed by atoms with Gasteiger partial charge in [-0.2, -0.15) is 0 Å². The molecule has 17 heavy (non-hydrogen) atoms. The monoisotopic (exact) mass is 258 g/mol. The van der Waals surface area contributed by atoms with Crippen molar-refractivity contribution in [2.75, 3.05) is 19.8 Å². The lowest BCUT2D eigenvalue weighted by molar-refractivity contribution is -0.143. The Balaban J connectivity index is 2.10. The average Bonchev–Trinajstić information content (AvgIpc) is 2.63. The predicted molar refractivity (Wildman–Crippen MR) is 62.0 cm³/mol. The number of hydrogen-bond acceptors (Lipinski definition) is 5. The molecule has 0 bridgehead atoms. The second-order valence-electron chi connectivity index (χ2n) is 3.34. The number of carboxylic acids is 1. The number of nitrogens with zero attached hydrogens (tertiary/aromatic N) is 1. The van der Waals surface area contributed by atoms with Gasteiger partial charge in [0.05, 0.1) is 10.7 Å². The van der Waals surface area contributed by atoms with Gasteiger partial charge in [-0.05, 0) is 6.92 Å². The van der Waals surface area contributed by atoms with Crippen molar-refractivity contribution in [1.29, 1.82) is 0 Å². The third-order valence-electron chi connectivity index (χ3n) is 1.83. The van der Waals surface area contributed by atoms with E-state index in [1.54, 1.807) is 11.3 Å². The normalized spacial score (nSPS) is 10.2. The van der Waals surface area contributed by atoms with Crippen LogP contribution in [0.3, 0.4) is 0 Å². The molecule has 0 atom stereocenters. The fraction of sp³-hybridized carbons (Fsp3) is 0.500. The van der Waals surface area contributed by atoms with Gasteiger partial charge in [-0.25, -0.2) is 9.78 Å². The van der Waals surface area contributed by atoms with E-state index in [-0.39, 0.29) is 12.5 Å². The first kappa shape index (κ1) is 13.6. The molecular weight excluding hydrogens is 244 g/mol. The summed E-state index contributed by atoms with van der Waals surface area (Å²) in [6.45, 7) is 1.70. The van der Waals surface area contributed by atoms with Crippen LogP contribution in [-0.2, 0) is 20.7 Å². The molecule has 0 aliphatic rings. The molecule has 94 valence electrons. The van der Waals surface area contributed by atoms with E-state index < -0.39 is 12.6 Å². The van der Waals surface area contributed by atoms with E-state index in [2.05, 4.69) is 15.0 Å². The van der Waals surface area contributed by atoms with Gasteiger partial charge in [-0.1, -0.05) is 0 Å². The van der Waals surface area contributed by atoms with Crippen LogP contribution < -0.4 is 5.32 Å². The van der Waals surface area contributed by atoms with E-state index in [9.17, 15) is 9.59 Å². The van der Waals surface area contributed by atoms with Crippen LogP contribution in [0.25, 0.3) is 0 Å². The second kappa shape index (κ2) is 6.97. The highest BCUT2D eigenvalue weighted by Gasteiger charge is 2.04. The van der Waals surface area contributed by atoms with Gasteiger partial charge in [-0.15, -0.1) is 11.3 Å². The molecule has 0 radical (unpaired) electrons. The number of carbonyl (C=O) groups excluding carboxylic acids is 1. The van der Waals surface area contributed by atoms with Crippen molar-refractivity contribution in [3.63, 3.8) is 0 Å². The molecule has 1 rings (SSSR count). The lowest BCUT2D eigenvalue weighted by Crippen LogP contribution is -2.30.